The van der Waals surface area contributed by atoms with Crippen LogP contribution in [0.5, 0.6) is 5.75 Å². The van der Waals surface area contributed by atoms with E-state index in [0.717, 1.165) is 22.6 Å². The van der Waals surface area contributed by atoms with Gasteiger partial charge in [0.1, 0.15) is 30.0 Å². The van der Waals surface area contributed by atoms with Crippen molar-refractivity contribution in [1.82, 2.24) is 9.80 Å². The fourth-order valence-electron chi connectivity index (χ4n) is 4.43. The maximum Gasteiger partial charge on any atom is 0.265 e. The molecule has 0 radical (unpaired) electrons. The third-order valence-electron chi connectivity index (χ3n) is 5.98. The fourth-order valence-corrected chi connectivity index (χ4v) is 4.43. The molecule has 3 aliphatic heterocycles. The Morgan fingerprint density at radius 1 is 1.30 bits per heavy atom. The fraction of sp³-hybridized carbons (Fsp3) is 0.500. The molecule has 0 bridgehead atoms. The van der Waals surface area contributed by atoms with Crippen LogP contribution >= 0.6 is 0 Å². The molecular formula is C22H29N3O5. The number of carbonyl (C=O) groups is 1. The Labute approximate surface area is 176 Å². The summed E-state index contributed by atoms with van der Waals surface area (Å²) >= 11 is 0. The number of primary amides is 1. The molecule has 0 saturated carbocycles. The summed E-state index contributed by atoms with van der Waals surface area (Å²) in [4.78, 5) is 16.6. The Hall–Kier alpha value is -2.55. The lowest BCUT2D eigenvalue weighted by atomic mass is 9.93. The van der Waals surface area contributed by atoms with Crippen molar-refractivity contribution >= 4 is 5.91 Å². The minimum Gasteiger partial charge on any atom is -0.497 e. The maximum absolute atomic E-state index is 12.5. The van der Waals surface area contributed by atoms with Crippen LogP contribution in [0.2, 0.25) is 0 Å². The summed E-state index contributed by atoms with van der Waals surface area (Å²) in [5, 5.41) is 10.6. The smallest absolute Gasteiger partial charge is 0.265 e. The van der Waals surface area contributed by atoms with Gasteiger partial charge in [-0.2, -0.15) is 0 Å². The first-order chi connectivity index (χ1) is 14.5. The van der Waals surface area contributed by atoms with Crippen molar-refractivity contribution in [3.05, 3.63) is 52.9 Å². The molecule has 1 aromatic carbocycles. The largest absolute Gasteiger partial charge is 0.497 e. The van der Waals surface area contributed by atoms with Gasteiger partial charge in [0.15, 0.2) is 0 Å². The van der Waals surface area contributed by atoms with E-state index in [1.165, 1.54) is 0 Å². The number of carbonyl (C=O) groups excluding carboxylic acids is 1. The highest BCUT2D eigenvalue weighted by atomic mass is 16.5. The van der Waals surface area contributed by atoms with E-state index in [9.17, 15) is 9.90 Å². The summed E-state index contributed by atoms with van der Waals surface area (Å²) < 4.78 is 16.8. The van der Waals surface area contributed by atoms with Crippen LogP contribution in [0, 0.1) is 0 Å². The summed E-state index contributed by atoms with van der Waals surface area (Å²) in [5.41, 5.74) is 8.21. The minimum absolute atomic E-state index is 0.238. The third-order valence-corrected chi connectivity index (χ3v) is 5.98. The lowest BCUT2D eigenvalue weighted by molar-refractivity contribution is -0.124. The predicted molar refractivity (Wildman–Crippen MR) is 110 cm³/mol. The Morgan fingerprint density at radius 3 is 2.73 bits per heavy atom. The Bertz CT molecular complexity index is 851. The average Bonchev–Trinajstić information content (AvgIpc) is 2.75. The molecule has 0 aromatic heterocycles. The second-order valence-electron chi connectivity index (χ2n) is 7.92. The molecule has 3 heterocycles. The summed E-state index contributed by atoms with van der Waals surface area (Å²) in [6.07, 6.45) is 2.03. The van der Waals surface area contributed by atoms with Gasteiger partial charge in [-0.15, -0.1) is 0 Å². The number of aliphatic hydroxyl groups is 1. The van der Waals surface area contributed by atoms with Gasteiger partial charge in [0.25, 0.3) is 5.91 Å². The first kappa shape index (κ1) is 20.7. The van der Waals surface area contributed by atoms with Crippen LogP contribution in [0.15, 0.2) is 47.4 Å². The number of ether oxygens (including phenoxy) is 3. The van der Waals surface area contributed by atoms with Crippen molar-refractivity contribution in [2.24, 2.45) is 5.73 Å². The van der Waals surface area contributed by atoms with E-state index in [0.29, 0.717) is 38.3 Å². The molecule has 8 heteroatoms. The van der Waals surface area contributed by atoms with Crippen LogP contribution in [0.3, 0.4) is 0 Å². The molecule has 162 valence electrons. The number of morpholine rings is 1. The van der Waals surface area contributed by atoms with Gasteiger partial charge in [0.2, 0.25) is 0 Å². The molecule has 1 aromatic rings. The normalized spacial score (nSPS) is 27.2. The van der Waals surface area contributed by atoms with E-state index in [-0.39, 0.29) is 18.8 Å². The highest BCUT2D eigenvalue weighted by Gasteiger charge is 2.44. The van der Waals surface area contributed by atoms with E-state index < -0.39 is 12.0 Å². The second kappa shape index (κ2) is 8.67. The number of methoxy groups -OCH3 is 1. The molecule has 3 atom stereocenters. The van der Waals surface area contributed by atoms with E-state index >= 15 is 0 Å². The van der Waals surface area contributed by atoms with Crippen molar-refractivity contribution in [2.45, 2.75) is 31.2 Å². The van der Waals surface area contributed by atoms with Gasteiger partial charge in [-0.05, 0) is 37.2 Å². The number of benzene rings is 1. The van der Waals surface area contributed by atoms with E-state index in [1.54, 1.807) is 7.11 Å². The number of hydrogen-bond donors (Lipinski definition) is 2. The maximum atomic E-state index is 12.5. The lowest BCUT2D eigenvalue weighted by Gasteiger charge is -2.50. The Morgan fingerprint density at radius 2 is 2.07 bits per heavy atom. The molecule has 30 heavy (non-hydrogen) atoms. The topological polar surface area (TPSA) is 97.5 Å². The first-order valence-corrected chi connectivity index (χ1v) is 10.2. The second-order valence-corrected chi connectivity index (χ2v) is 7.92. The average molecular weight is 415 g/mol. The number of nitrogens with two attached hydrogens (primary N) is 1. The first-order valence-electron chi connectivity index (χ1n) is 10.2. The van der Waals surface area contributed by atoms with Gasteiger partial charge < -0.3 is 30.0 Å². The number of fused-ring (bicyclic) bond motifs is 1. The number of aliphatic hydroxyl groups excluding tert-OH is 1. The zero-order chi connectivity index (χ0) is 21.3. The lowest BCUT2D eigenvalue weighted by Crippen LogP contribution is -2.62. The molecule has 4 rings (SSSR count). The number of amides is 1. The molecule has 0 spiro atoms. The van der Waals surface area contributed by atoms with Gasteiger partial charge in [-0.3, -0.25) is 9.69 Å². The van der Waals surface area contributed by atoms with Gasteiger partial charge in [0.05, 0.1) is 25.9 Å². The SMILES string of the molecule is COc1ccc(CC2=C3OCCN(C)C3N(C3CCOCC3O)C(C(N)=O)=C2)cc1. The Balaban J connectivity index is 1.74. The van der Waals surface area contributed by atoms with Crippen LogP contribution < -0.4 is 10.5 Å². The van der Waals surface area contributed by atoms with Crippen molar-refractivity contribution in [2.75, 3.05) is 40.5 Å². The Kier molecular flexibility index (Phi) is 5.99. The van der Waals surface area contributed by atoms with Crippen molar-refractivity contribution in [1.29, 1.82) is 0 Å². The standard InChI is InChI=1S/C22H29N3O5/c1-24-8-10-30-20-15(11-14-3-5-16(28-2)6-4-14)12-18(21(23)27)25(22(20)24)17-7-9-29-13-19(17)26/h3-6,12,17,19,22,26H,7-11,13H2,1-2H3,(H2,23,27). The van der Waals surface area contributed by atoms with Crippen LogP contribution in [0.4, 0.5) is 0 Å². The summed E-state index contributed by atoms with van der Waals surface area (Å²) in [6, 6.07) is 7.56. The monoisotopic (exact) mass is 415 g/mol. The number of likely N-dealkylation sites (N-methyl/N-ethyl adjacent to an activating group) is 1. The third kappa shape index (κ3) is 3.90. The molecule has 2 fully saturated rings. The van der Waals surface area contributed by atoms with Crippen molar-refractivity contribution in [3.8, 4) is 5.75 Å². The molecular weight excluding hydrogens is 386 g/mol. The van der Waals surface area contributed by atoms with Crippen LogP contribution in [0.1, 0.15) is 12.0 Å². The summed E-state index contributed by atoms with van der Waals surface area (Å²) in [6.45, 7) is 2.05. The zero-order valence-corrected chi connectivity index (χ0v) is 17.4. The van der Waals surface area contributed by atoms with Gasteiger partial charge in [-0.25, -0.2) is 0 Å². The molecule has 3 N–H and O–H groups in total. The van der Waals surface area contributed by atoms with Crippen molar-refractivity contribution in [3.63, 3.8) is 0 Å². The van der Waals surface area contributed by atoms with E-state index in [2.05, 4.69) is 4.90 Å². The minimum atomic E-state index is -0.707. The highest BCUT2D eigenvalue weighted by Crippen LogP contribution is 2.36. The number of allylic oxidation sites excluding steroid dienone is 2. The zero-order valence-electron chi connectivity index (χ0n) is 17.4. The number of rotatable bonds is 5. The summed E-state index contributed by atoms with van der Waals surface area (Å²) in [5.74, 6) is 1.09. The van der Waals surface area contributed by atoms with Crippen LogP contribution in [-0.4, -0.2) is 79.6 Å². The van der Waals surface area contributed by atoms with Gasteiger partial charge >= 0.3 is 0 Å². The van der Waals surface area contributed by atoms with Crippen LogP contribution in [0.25, 0.3) is 0 Å². The molecule has 2 saturated heterocycles. The number of hydrogen-bond acceptors (Lipinski definition) is 7. The van der Waals surface area contributed by atoms with Gasteiger partial charge in [0, 0.05) is 25.1 Å². The molecule has 3 unspecified atom stereocenters. The van der Waals surface area contributed by atoms with E-state index in [1.807, 2.05) is 42.3 Å². The molecule has 1 amide bonds. The highest BCUT2D eigenvalue weighted by molar-refractivity contribution is 5.92. The molecule has 0 aliphatic carbocycles. The quantitative estimate of drug-likeness (QED) is 0.727. The molecule has 8 nitrogen and oxygen atoms in total. The van der Waals surface area contributed by atoms with E-state index in [4.69, 9.17) is 19.9 Å². The summed E-state index contributed by atoms with van der Waals surface area (Å²) in [7, 11) is 3.64. The van der Waals surface area contributed by atoms with Gasteiger partial charge in [-0.1, -0.05) is 12.1 Å². The predicted octanol–water partition coefficient (Wildman–Crippen LogP) is 0.615. The molecule has 3 aliphatic rings. The van der Waals surface area contributed by atoms with Crippen LogP contribution in [-0.2, 0) is 20.7 Å². The number of nitrogens with zero attached hydrogens (tertiary/aromatic N) is 2. The van der Waals surface area contributed by atoms with Crippen molar-refractivity contribution < 1.29 is 24.1 Å².